The quantitative estimate of drug-likeness (QED) is 0.428. The summed E-state index contributed by atoms with van der Waals surface area (Å²) < 4.78 is 7.31. The molecule has 0 saturated carbocycles. The van der Waals surface area contributed by atoms with Gasteiger partial charge < -0.3 is 19.5 Å². The van der Waals surface area contributed by atoms with Gasteiger partial charge in [-0.05, 0) is 18.1 Å². The molecular formula is C18H26IN5O. The molecular weight excluding hydrogens is 429 g/mol. The molecule has 0 aliphatic carbocycles. The summed E-state index contributed by atoms with van der Waals surface area (Å²) in [4.78, 5) is 10.9. The highest BCUT2D eigenvalue weighted by Gasteiger charge is 2.24. The van der Waals surface area contributed by atoms with Gasteiger partial charge in [-0.25, -0.2) is 4.98 Å². The minimum Gasteiger partial charge on any atom is -0.384 e. The number of benzene rings is 1. The number of aliphatic imine (C=N–C) groups is 1. The number of imidazole rings is 1. The highest BCUT2D eigenvalue weighted by Crippen LogP contribution is 2.17. The maximum atomic E-state index is 5.28. The smallest absolute Gasteiger partial charge is 0.193 e. The van der Waals surface area contributed by atoms with Gasteiger partial charge in [0.25, 0.3) is 0 Å². The van der Waals surface area contributed by atoms with Crippen molar-refractivity contribution in [3.63, 3.8) is 0 Å². The fraction of sp³-hybridized carbons (Fsp3) is 0.444. The first-order valence-electron chi connectivity index (χ1n) is 8.32. The molecule has 3 rings (SSSR count). The van der Waals surface area contributed by atoms with Gasteiger partial charge in [0, 0.05) is 52.1 Å². The first-order chi connectivity index (χ1) is 11.8. The van der Waals surface area contributed by atoms with Crippen molar-refractivity contribution < 1.29 is 4.74 Å². The number of aromatic nitrogens is 2. The lowest BCUT2D eigenvalue weighted by molar-refractivity contribution is 0.157. The third kappa shape index (κ3) is 4.94. The first kappa shape index (κ1) is 19.7. The van der Waals surface area contributed by atoms with E-state index >= 15 is 0 Å². The molecule has 0 bridgehead atoms. The van der Waals surface area contributed by atoms with Crippen LogP contribution in [0.25, 0.3) is 5.69 Å². The van der Waals surface area contributed by atoms with Crippen LogP contribution in [0, 0.1) is 5.92 Å². The predicted octanol–water partition coefficient (Wildman–Crippen LogP) is 2.53. The number of halogens is 1. The third-order valence-corrected chi connectivity index (χ3v) is 4.41. The van der Waals surface area contributed by atoms with Gasteiger partial charge in [0.1, 0.15) is 0 Å². The van der Waals surface area contributed by atoms with Gasteiger partial charge in [-0.1, -0.05) is 18.2 Å². The summed E-state index contributed by atoms with van der Waals surface area (Å²) in [5.41, 5.74) is 2.35. The molecule has 1 aromatic carbocycles. The molecule has 6 nitrogen and oxygen atoms in total. The second kappa shape index (κ2) is 9.76. The van der Waals surface area contributed by atoms with E-state index in [1.807, 2.05) is 30.2 Å². The van der Waals surface area contributed by atoms with E-state index in [4.69, 9.17) is 4.74 Å². The van der Waals surface area contributed by atoms with E-state index in [0.29, 0.717) is 5.92 Å². The normalized spacial score (nSPS) is 17.4. The minimum absolute atomic E-state index is 0. The Kier molecular flexibility index (Phi) is 7.70. The highest BCUT2D eigenvalue weighted by atomic mass is 127. The lowest BCUT2D eigenvalue weighted by Gasteiger charge is -2.22. The van der Waals surface area contributed by atoms with E-state index in [1.165, 1.54) is 5.56 Å². The van der Waals surface area contributed by atoms with Crippen molar-refractivity contribution in [1.29, 1.82) is 0 Å². The average molecular weight is 455 g/mol. The largest absolute Gasteiger partial charge is 0.384 e. The van der Waals surface area contributed by atoms with Crippen LogP contribution < -0.4 is 5.32 Å². The van der Waals surface area contributed by atoms with Gasteiger partial charge in [0.2, 0.25) is 0 Å². The molecule has 1 fully saturated rings. The molecule has 1 saturated heterocycles. The Balaban J connectivity index is 0.00000225. The maximum Gasteiger partial charge on any atom is 0.193 e. The molecule has 1 aliphatic heterocycles. The van der Waals surface area contributed by atoms with Gasteiger partial charge >= 0.3 is 0 Å². The van der Waals surface area contributed by atoms with Crippen LogP contribution in [0.4, 0.5) is 0 Å². The maximum absolute atomic E-state index is 5.28. The monoisotopic (exact) mass is 455 g/mol. The zero-order chi connectivity index (χ0) is 16.8. The van der Waals surface area contributed by atoms with Gasteiger partial charge in [0.05, 0.1) is 18.6 Å². The zero-order valence-electron chi connectivity index (χ0n) is 14.8. The van der Waals surface area contributed by atoms with E-state index in [-0.39, 0.29) is 24.0 Å². The van der Waals surface area contributed by atoms with Crippen LogP contribution >= 0.6 is 24.0 Å². The molecule has 1 aliphatic rings. The summed E-state index contributed by atoms with van der Waals surface area (Å²) in [6.07, 6.45) is 6.73. The Morgan fingerprint density at radius 1 is 1.40 bits per heavy atom. The minimum atomic E-state index is 0. The summed E-state index contributed by atoms with van der Waals surface area (Å²) in [5.74, 6) is 1.54. The Morgan fingerprint density at radius 3 is 2.96 bits per heavy atom. The molecule has 25 heavy (non-hydrogen) atoms. The lowest BCUT2D eigenvalue weighted by Crippen LogP contribution is -2.40. The molecule has 1 unspecified atom stereocenters. The number of para-hydroxylation sites is 1. The zero-order valence-corrected chi connectivity index (χ0v) is 17.1. The summed E-state index contributed by atoms with van der Waals surface area (Å²) in [5, 5.41) is 3.49. The van der Waals surface area contributed by atoms with Gasteiger partial charge in [-0.2, -0.15) is 0 Å². The number of nitrogens with one attached hydrogen (secondary N) is 1. The van der Waals surface area contributed by atoms with Crippen molar-refractivity contribution in [2.75, 3.05) is 33.9 Å². The number of likely N-dealkylation sites (tertiary alicyclic amines) is 1. The summed E-state index contributed by atoms with van der Waals surface area (Å²) in [6.45, 7) is 3.57. The second-order valence-corrected chi connectivity index (χ2v) is 6.06. The topological polar surface area (TPSA) is 54.7 Å². The Morgan fingerprint density at radius 2 is 2.24 bits per heavy atom. The molecule has 0 amide bonds. The molecule has 2 heterocycles. The molecule has 1 aromatic heterocycles. The number of rotatable bonds is 5. The van der Waals surface area contributed by atoms with Crippen LogP contribution in [-0.4, -0.2) is 54.3 Å². The van der Waals surface area contributed by atoms with Crippen molar-refractivity contribution in [2.45, 2.75) is 13.0 Å². The van der Waals surface area contributed by atoms with Crippen LogP contribution in [0.3, 0.4) is 0 Å². The van der Waals surface area contributed by atoms with Gasteiger partial charge in [-0.3, -0.25) is 4.99 Å². The summed E-state index contributed by atoms with van der Waals surface area (Å²) in [7, 11) is 3.61. The third-order valence-electron chi connectivity index (χ3n) is 4.41. The molecule has 0 spiro atoms. The molecule has 1 N–H and O–H groups in total. The van der Waals surface area contributed by atoms with Crippen molar-refractivity contribution in [1.82, 2.24) is 19.8 Å². The van der Waals surface area contributed by atoms with E-state index < -0.39 is 0 Å². The number of methoxy groups -OCH3 is 1. The number of hydrogen-bond acceptors (Lipinski definition) is 3. The van der Waals surface area contributed by atoms with Gasteiger partial charge in [-0.15, -0.1) is 24.0 Å². The predicted molar refractivity (Wildman–Crippen MR) is 111 cm³/mol. The van der Waals surface area contributed by atoms with E-state index in [1.54, 1.807) is 13.3 Å². The highest BCUT2D eigenvalue weighted by molar-refractivity contribution is 14.0. The Bertz CT molecular complexity index is 674. The number of guanidine groups is 1. The first-order valence-corrected chi connectivity index (χ1v) is 8.32. The van der Waals surface area contributed by atoms with E-state index in [2.05, 4.69) is 38.4 Å². The number of nitrogens with zero attached hydrogens (tertiary/aromatic N) is 4. The molecule has 1 atom stereocenters. The standard InChI is InChI=1S/C18H25N5O.HI/c1-19-18(22-9-7-15(12-22)13-24-2)21-11-16-5-3-4-6-17(16)23-10-8-20-14-23;/h3-6,8,10,14-15H,7,9,11-13H2,1-2H3,(H,19,21);1H. The van der Waals surface area contributed by atoms with Crippen LogP contribution in [0.1, 0.15) is 12.0 Å². The molecule has 2 aromatic rings. The number of hydrogen-bond donors (Lipinski definition) is 1. The van der Waals surface area contributed by atoms with Crippen LogP contribution in [0.2, 0.25) is 0 Å². The van der Waals surface area contributed by atoms with Crippen LogP contribution in [0.5, 0.6) is 0 Å². The van der Waals surface area contributed by atoms with Gasteiger partial charge in [0.15, 0.2) is 5.96 Å². The van der Waals surface area contributed by atoms with Crippen LogP contribution in [0.15, 0.2) is 48.0 Å². The van der Waals surface area contributed by atoms with E-state index in [9.17, 15) is 0 Å². The van der Waals surface area contributed by atoms with Crippen molar-refractivity contribution >= 4 is 29.9 Å². The Hall–Kier alpha value is -1.61. The lowest BCUT2D eigenvalue weighted by atomic mass is 10.1. The molecule has 7 heteroatoms. The van der Waals surface area contributed by atoms with Crippen molar-refractivity contribution in [3.8, 4) is 5.69 Å². The average Bonchev–Trinajstić information content (AvgIpc) is 3.28. The SMILES string of the molecule is CN=C(NCc1ccccc1-n1ccnc1)N1CCC(COC)C1.I. The fourth-order valence-corrected chi connectivity index (χ4v) is 3.22. The number of ether oxygens (including phenoxy) is 1. The van der Waals surface area contributed by atoms with E-state index in [0.717, 1.165) is 44.3 Å². The van der Waals surface area contributed by atoms with Crippen molar-refractivity contribution in [2.24, 2.45) is 10.9 Å². The second-order valence-electron chi connectivity index (χ2n) is 6.06. The summed E-state index contributed by atoms with van der Waals surface area (Å²) >= 11 is 0. The van der Waals surface area contributed by atoms with Crippen molar-refractivity contribution in [3.05, 3.63) is 48.5 Å². The molecule has 136 valence electrons. The molecule has 0 radical (unpaired) electrons. The fourth-order valence-electron chi connectivity index (χ4n) is 3.22. The summed E-state index contributed by atoms with van der Waals surface area (Å²) in [6, 6.07) is 8.34. The Labute approximate surface area is 166 Å². The van der Waals surface area contributed by atoms with Crippen LogP contribution in [-0.2, 0) is 11.3 Å².